The fraction of sp³-hybridized carbons (Fsp3) is 0.250. The van der Waals surface area contributed by atoms with E-state index in [0.29, 0.717) is 22.6 Å². The number of aliphatic carboxylic acids is 1. The molecular formula is C28H31N5O7. The van der Waals surface area contributed by atoms with Crippen molar-refractivity contribution in [3.8, 4) is 0 Å². The molecule has 0 aliphatic carbocycles. The van der Waals surface area contributed by atoms with E-state index in [1.165, 1.54) is 22.0 Å². The highest BCUT2D eigenvalue weighted by Crippen LogP contribution is 2.33. The number of nitrogens with zero attached hydrogens (tertiary/aromatic N) is 2. The van der Waals surface area contributed by atoms with Crippen molar-refractivity contribution in [1.29, 1.82) is 0 Å². The maximum absolute atomic E-state index is 13.5. The van der Waals surface area contributed by atoms with Crippen LogP contribution in [-0.4, -0.2) is 60.7 Å². The number of anilines is 3. The van der Waals surface area contributed by atoms with Crippen molar-refractivity contribution in [2.75, 3.05) is 34.8 Å². The van der Waals surface area contributed by atoms with Crippen LogP contribution in [0.1, 0.15) is 18.4 Å². The zero-order valence-electron chi connectivity index (χ0n) is 21.8. The number of hydrogen-bond acceptors (Lipinski definition) is 6. The van der Waals surface area contributed by atoms with Crippen molar-refractivity contribution in [3.63, 3.8) is 0 Å². The van der Waals surface area contributed by atoms with E-state index in [2.05, 4.69) is 29.1 Å². The van der Waals surface area contributed by atoms with Crippen LogP contribution in [-0.2, 0) is 25.7 Å². The molecule has 0 bridgehead atoms. The van der Waals surface area contributed by atoms with E-state index in [1.807, 2.05) is 0 Å². The Morgan fingerprint density at radius 3 is 2.15 bits per heavy atom. The minimum atomic E-state index is -1.51. The van der Waals surface area contributed by atoms with E-state index in [0.717, 1.165) is 0 Å². The van der Waals surface area contributed by atoms with Gasteiger partial charge in [0.05, 0.1) is 11.4 Å². The van der Waals surface area contributed by atoms with E-state index in [-0.39, 0.29) is 39.1 Å². The quantitative estimate of drug-likeness (QED) is 0.180. The first-order valence-corrected chi connectivity index (χ1v) is 12.5. The van der Waals surface area contributed by atoms with Gasteiger partial charge in [0, 0.05) is 31.7 Å². The molecule has 1 aliphatic rings. The summed E-state index contributed by atoms with van der Waals surface area (Å²) in [5.74, 6) is -2.18. The molecule has 5 amide bonds. The summed E-state index contributed by atoms with van der Waals surface area (Å²) in [5, 5.41) is 16.2. The average Bonchev–Trinajstić information content (AvgIpc) is 3.00. The van der Waals surface area contributed by atoms with E-state index in [1.54, 1.807) is 48.5 Å². The minimum Gasteiger partial charge on any atom is -0.481 e. The van der Waals surface area contributed by atoms with Crippen molar-refractivity contribution < 1.29 is 33.8 Å². The van der Waals surface area contributed by atoms with Gasteiger partial charge in [-0.25, -0.2) is 9.59 Å². The Labute approximate surface area is 231 Å². The van der Waals surface area contributed by atoms with Gasteiger partial charge < -0.3 is 35.6 Å². The Morgan fingerprint density at radius 1 is 0.950 bits per heavy atom. The third-order valence-electron chi connectivity index (χ3n) is 5.78. The molecule has 0 saturated heterocycles. The number of ether oxygens (including phenoxy) is 1. The number of carboxylic acids is 1. The molecule has 0 aromatic heterocycles. The third-order valence-corrected chi connectivity index (χ3v) is 5.78. The van der Waals surface area contributed by atoms with Gasteiger partial charge in [-0.3, -0.25) is 14.4 Å². The van der Waals surface area contributed by atoms with Crippen LogP contribution in [0, 0.1) is 0 Å². The molecule has 0 atom stereocenters. The summed E-state index contributed by atoms with van der Waals surface area (Å²) < 4.78 is 5.12. The number of nitrogens with one attached hydrogen (secondary N) is 3. The van der Waals surface area contributed by atoms with Crippen LogP contribution in [0.4, 0.5) is 26.7 Å². The third kappa shape index (κ3) is 7.69. The van der Waals surface area contributed by atoms with Crippen molar-refractivity contribution in [1.82, 2.24) is 10.6 Å². The molecular weight excluding hydrogens is 518 g/mol. The van der Waals surface area contributed by atoms with Crippen LogP contribution in [0.3, 0.4) is 0 Å². The fourth-order valence-corrected chi connectivity index (χ4v) is 4.00. The zero-order valence-corrected chi connectivity index (χ0v) is 21.8. The van der Waals surface area contributed by atoms with Crippen LogP contribution < -0.4 is 25.8 Å². The van der Waals surface area contributed by atoms with E-state index in [9.17, 15) is 24.0 Å². The van der Waals surface area contributed by atoms with Gasteiger partial charge in [-0.2, -0.15) is 0 Å². The molecule has 0 spiro atoms. The number of fused-ring (bicyclic) bond motifs is 1. The number of alkyl carbamates (subject to hydrolysis) is 1. The Hall–Kier alpha value is -5.13. The SMILES string of the molecule is C=CCN1C(=O)C(NC(=O)Nc2cccc(COC(=O)NCCCC(=O)O)c2)C(=O)N(CC=C)c2ccccc21. The van der Waals surface area contributed by atoms with E-state index >= 15 is 0 Å². The molecule has 40 heavy (non-hydrogen) atoms. The number of hydrogen-bond donors (Lipinski definition) is 4. The van der Waals surface area contributed by atoms with Gasteiger partial charge in [0.15, 0.2) is 6.04 Å². The maximum atomic E-state index is 13.5. The Morgan fingerprint density at radius 2 is 1.57 bits per heavy atom. The lowest BCUT2D eigenvalue weighted by Gasteiger charge is -2.23. The van der Waals surface area contributed by atoms with E-state index in [4.69, 9.17) is 9.84 Å². The molecule has 12 heteroatoms. The number of carboxylic acid groups (broad SMARTS) is 1. The van der Waals surface area contributed by atoms with Crippen molar-refractivity contribution in [2.24, 2.45) is 0 Å². The predicted molar refractivity (Wildman–Crippen MR) is 149 cm³/mol. The molecule has 4 N–H and O–H groups in total. The first-order valence-electron chi connectivity index (χ1n) is 12.5. The Kier molecular flexibility index (Phi) is 10.4. The van der Waals surface area contributed by atoms with Crippen LogP contribution in [0.25, 0.3) is 0 Å². The lowest BCUT2D eigenvalue weighted by Crippen LogP contribution is -2.56. The van der Waals surface area contributed by atoms with Crippen LogP contribution in [0.5, 0.6) is 0 Å². The summed E-state index contributed by atoms with van der Waals surface area (Å²) >= 11 is 0. The number of benzene rings is 2. The Bertz CT molecular complexity index is 1250. The van der Waals surface area contributed by atoms with Gasteiger partial charge >= 0.3 is 18.1 Å². The lowest BCUT2D eigenvalue weighted by atomic mass is 10.2. The van der Waals surface area contributed by atoms with Gasteiger partial charge in [-0.15, -0.1) is 13.2 Å². The van der Waals surface area contributed by atoms with Gasteiger partial charge in [0.1, 0.15) is 6.61 Å². The number of urea groups is 1. The van der Waals surface area contributed by atoms with Gasteiger partial charge in [-0.05, 0) is 36.2 Å². The maximum Gasteiger partial charge on any atom is 0.407 e. The normalized spacial score (nSPS) is 13.1. The topological polar surface area (TPSA) is 157 Å². The second-order valence-electron chi connectivity index (χ2n) is 8.70. The average molecular weight is 550 g/mol. The lowest BCUT2D eigenvalue weighted by molar-refractivity contribution is -0.137. The van der Waals surface area contributed by atoms with Crippen LogP contribution >= 0.6 is 0 Å². The monoisotopic (exact) mass is 549 g/mol. The van der Waals surface area contributed by atoms with Gasteiger partial charge in [0.2, 0.25) is 0 Å². The predicted octanol–water partition coefficient (Wildman–Crippen LogP) is 3.02. The molecule has 0 radical (unpaired) electrons. The summed E-state index contributed by atoms with van der Waals surface area (Å²) in [6, 6.07) is 11.1. The minimum absolute atomic E-state index is 0.0698. The van der Waals surface area contributed by atoms with E-state index < -0.39 is 35.9 Å². The highest BCUT2D eigenvalue weighted by atomic mass is 16.5. The molecule has 0 unspecified atom stereocenters. The summed E-state index contributed by atoms with van der Waals surface area (Å²) in [4.78, 5) is 65.0. The van der Waals surface area contributed by atoms with Crippen LogP contribution in [0.2, 0.25) is 0 Å². The second kappa shape index (κ2) is 14.1. The number of para-hydroxylation sites is 2. The summed E-state index contributed by atoms with van der Waals surface area (Å²) in [5.41, 5.74) is 1.91. The van der Waals surface area contributed by atoms with Gasteiger partial charge in [0.25, 0.3) is 11.8 Å². The highest BCUT2D eigenvalue weighted by molar-refractivity contribution is 6.21. The van der Waals surface area contributed by atoms with Crippen LogP contribution in [0.15, 0.2) is 73.8 Å². The number of carbonyl (C=O) groups is 5. The zero-order chi connectivity index (χ0) is 29.1. The van der Waals surface area contributed by atoms with Gasteiger partial charge in [-0.1, -0.05) is 36.4 Å². The molecule has 2 aromatic rings. The molecule has 1 heterocycles. The molecule has 0 fully saturated rings. The van der Waals surface area contributed by atoms with Crippen molar-refractivity contribution in [2.45, 2.75) is 25.5 Å². The van der Waals surface area contributed by atoms with Crippen molar-refractivity contribution >= 4 is 47.0 Å². The summed E-state index contributed by atoms with van der Waals surface area (Å²) in [6.45, 7) is 7.71. The molecule has 210 valence electrons. The molecule has 2 aromatic carbocycles. The number of carbonyl (C=O) groups excluding carboxylic acids is 4. The Balaban J connectivity index is 1.67. The number of rotatable bonds is 12. The summed E-state index contributed by atoms with van der Waals surface area (Å²) in [7, 11) is 0. The highest BCUT2D eigenvalue weighted by Gasteiger charge is 2.40. The molecule has 1 aliphatic heterocycles. The smallest absolute Gasteiger partial charge is 0.407 e. The standard InChI is InChI=1S/C28H31N5O7/c1-3-15-32-21-11-5-6-12-22(21)33(16-4-2)26(37)24(25(32)36)31-27(38)30-20-10-7-9-19(17-20)18-40-28(39)29-14-8-13-23(34)35/h3-7,9-12,17,24H,1-2,8,13-16,18H2,(H,29,39)(H,34,35)(H2,30,31,38). The number of amides is 5. The molecule has 3 rings (SSSR count). The molecule has 0 saturated carbocycles. The summed E-state index contributed by atoms with van der Waals surface area (Å²) in [6.07, 6.45) is 2.56. The fourth-order valence-electron chi connectivity index (χ4n) is 4.00. The van der Waals surface area contributed by atoms with Crippen molar-refractivity contribution in [3.05, 3.63) is 79.4 Å². The first-order chi connectivity index (χ1) is 19.2. The first kappa shape index (κ1) is 29.4. The largest absolute Gasteiger partial charge is 0.481 e. The molecule has 12 nitrogen and oxygen atoms in total. The second-order valence-corrected chi connectivity index (χ2v) is 8.70.